The van der Waals surface area contributed by atoms with Gasteiger partial charge in [-0.05, 0) is 0 Å². The van der Waals surface area contributed by atoms with Crippen LogP contribution in [0.2, 0.25) is 0 Å². The fourth-order valence-electron chi connectivity index (χ4n) is 0.565. The first kappa shape index (κ1) is 8.55. The summed E-state index contributed by atoms with van der Waals surface area (Å²) in [4.78, 5) is 14.4. The Morgan fingerprint density at radius 2 is 2.64 bits per heavy atom. The third kappa shape index (κ3) is 3.38. The summed E-state index contributed by atoms with van der Waals surface area (Å²) in [6.45, 7) is 0. The Hall–Kier alpha value is -0.550. The molecule has 0 aromatic carbocycles. The third-order valence-corrected chi connectivity index (χ3v) is 2.60. The summed E-state index contributed by atoms with van der Waals surface area (Å²) >= 11 is 3.05. The number of hydrogen-bond acceptors (Lipinski definition) is 4. The van der Waals surface area contributed by atoms with Crippen molar-refractivity contribution < 1.29 is 4.79 Å². The number of hydrogen-bond donors (Lipinski definition) is 1. The Kier molecular flexibility index (Phi) is 3.38. The van der Waals surface area contributed by atoms with Crippen molar-refractivity contribution in [1.29, 1.82) is 0 Å². The maximum absolute atomic E-state index is 10.3. The van der Waals surface area contributed by atoms with Gasteiger partial charge in [0.15, 0.2) is 0 Å². The van der Waals surface area contributed by atoms with Gasteiger partial charge in [-0.15, -0.1) is 23.1 Å². The Balaban J connectivity index is 2.19. The number of primary amides is 1. The number of thiazole rings is 1. The molecule has 0 saturated carbocycles. The van der Waals surface area contributed by atoms with Crippen molar-refractivity contribution in [1.82, 2.24) is 4.98 Å². The van der Waals surface area contributed by atoms with Gasteiger partial charge in [0.05, 0.1) is 17.0 Å². The van der Waals surface area contributed by atoms with E-state index in [1.54, 1.807) is 16.8 Å². The lowest BCUT2D eigenvalue weighted by Crippen LogP contribution is -2.13. The van der Waals surface area contributed by atoms with Gasteiger partial charge in [0.2, 0.25) is 5.91 Å². The van der Waals surface area contributed by atoms with Gasteiger partial charge in [0.25, 0.3) is 0 Å². The second kappa shape index (κ2) is 4.35. The highest BCUT2D eigenvalue weighted by atomic mass is 32.2. The first-order valence-corrected chi connectivity index (χ1v) is 5.12. The molecule has 1 amide bonds. The minimum atomic E-state index is -0.273. The van der Waals surface area contributed by atoms with Crippen LogP contribution >= 0.6 is 23.1 Å². The first-order valence-electron chi connectivity index (χ1n) is 3.02. The zero-order valence-corrected chi connectivity index (χ0v) is 7.45. The number of rotatable bonds is 4. The number of nitrogens with zero attached hydrogens (tertiary/aromatic N) is 1. The number of nitrogens with two attached hydrogens (primary N) is 1. The quantitative estimate of drug-likeness (QED) is 0.762. The van der Waals surface area contributed by atoms with Crippen LogP contribution in [0, 0.1) is 0 Å². The normalized spacial score (nSPS) is 9.82. The van der Waals surface area contributed by atoms with Crippen LogP contribution in [0.15, 0.2) is 10.9 Å². The van der Waals surface area contributed by atoms with Crippen LogP contribution in [-0.2, 0) is 10.5 Å². The van der Waals surface area contributed by atoms with Crippen LogP contribution in [0.25, 0.3) is 0 Å². The van der Waals surface area contributed by atoms with E-state index in [4.69, 9.17) is 5.73 Å². The molecule has 1 heterocycles. The standard InChI is InChI=1S/C6H8N2OS2/c7-6(9)3-10-1-5-2-11-4-8-5/h2,4H,1,3H2,(H2,7,9). The molecule has 0 radical (unpaired) electrons. The Labute approximate surface area is 73.0 Å². The second-order valence-corrected chi connectivity index (χ2v) is 3.64. The molecule has 0 unspecified atom stereocenters. The zero-order chi connectivity index (χ0) is 8.10. The molecular weight excluding hydrogens is 180 g/mol. The average Bonchev–Trinajstić information content (AvgIpc) is 2.39. The third-order valence-electron chi connectivity index (χ3n) is 0.978. The van der Waals surface area contributed by atoms with Crippen molar-refractivity contribution in [3.8, 4) is 0 Å². The van der Waals surface area contributed by atoms with Crippen molar-refractivity contribution in [3.63, 3.8) is 0 Å². The molecule has 1 aromatic rings. The predicted molar refractivity (Wildman–Crippen MR) is 47.5 cm³/mol. The van der Waals surface area contributed by atoms with Crippen molar-refractivity contribution in [3.05, 3.63) is 16.6 Å². The Morgan fingerprint density at radius 1 is 1.82 bits per heavy atom. The number of thioether (sulfide) groups is 1. The van der Waals surface area contributed by atoms with E-state index < -0.39 is 0 Å². The number of carbonyl (C=O) groups excluding carboxylic acids is 1. The van der Waals surface area contributed by atoms with Gasteiger partial charge >= 0.3 is 0 Å². The van der Waals surface area contributed by atoms with Crippen LogP contribution in [-0.4, -0.2) is 16.6 Å². The van der Waals surface area contributed by atoms with Crippen LogP contribution < -0.4 is 5.73 Å². The largest absolute Gasteiger partial charge is 0.369 e. The van der Waals surface area contributed by atoms with Gasteiger partial charge < -0.3 is 5.73 Å². The molecule has 2 N–H and O–H groups in total. The molecule has 0 aliphatic carbocycles. The molecule has 3 nitrogen and oxygen atoms in total. The number of amides is 1. The van der Waals surface area contributed by atoms with E-state index >= 15 is 0 Å². The lowest BCUT2D eigenvalue weighted by atomic mass is 10.6. The van der Waals surface area contributed by atoms with Gasteiger partial charge in [0.1, 0.15) is 0 Å². The number of aromatic nitrogens is 1. The summed E-state index contributed by atoms with van der Waals surface area (Å²) in [7, 11) is 0. The lowest BCUT2D eigenvalue weighted by molar-refractivity contribution is -0.115. The molecule has 11 heavy (non-hydrogen) atoms. The lowest BCUT2D eigenvalue weighted by Gasteiger charge is -1.93. The first-order chi connectivity index (χ1) is 5.29. The van der Waals surface area contributed by atoms with Gasteiger partial charge in [0, 0.05) is 11.1 Å². The van der Waals surface area contributed by atoms with Gasteiger partial charge in [-0.1, -0.05) is 0 Å². The molecule has 5 heteroatoms. The molecule has 0 atom stereocenters. The molecule has 0 aliphatic heterocycles. The smallest absolute Gasteiger partial charge is 0.227 e. The highest BCUT2D eigenvalue weighted by molar-refractivity contribution is 7.99. The maximum atomic E-state index is 10.3. The van der Waals surface area contributed by atoms with Gasteiger partial charge in [-0.3, -0.25) is 4.79 Å². The Morgan fingerprint density at radius 3 is 3.18 bits per heavy atom. The monoisotopic (exact) mass is 188 g/mol. The molecule has 1 aromatic heterocycles. The van der Waals surface area contributed by atoms with Crippen molar-refractivity contribution >= 4 is 29.0 Å². The molecule has 0 spiro atoms. The summed E-state index contributed by atoms with van der Waals surface area (Å²) in [5.74, 6) is 0.870. The minimum absolute atomic E-state index is 0.273. The van der Waals surface area contributed by atoms with E-state index in [2.05, 4.69) is 4.98 Å². The topological polar surface area (TPSA) is 56.0 Å². The van der Waals surface area contributed by atoms with Crippen molar-refractivity contribution in [2.45, 2.75) is 5.75 Å². The van der Waals surface area contributed by atoms with Crippen molar-refractivity contribution in [2.75, 3.05) is 5.75 Å². The predicted octanol–water partition coefficient (Wildman–Crippen LogP) is 0.862. The molecule has 60 valence electrons. The van der Waals surface area contributed by atoms with Crippen LogP contribution in [0.1, 0.15) is 5.69 Å². The molecule has 1 rings (SSSR count). The van der Waals surface area contributed by atoms with E-state index in [1.165, 1.54) is 11.8 Å². The van der Waals surface area contributed by atoms with E-state index in [0.29, 0.717) is 5.75 Å². The second-order valence-electron chi connectivity index (χ2n) is 1.94. The molecular formula is C6H8N2OS2. The minimum Gasteiger partial charge on any atom is -0.369 e. The average molecular weight is 188 g/mol. The summed E-state index contributed by atoms with van der Waals surface area (Å²) in [6, 6.07) is 0. The molecule has 0 fully saturated rings. The van der Waals surface area contributed by atoms with Crippen LogP contribution in [0.5, 0.6) is 0 Å². The SMILES string of the molecule is NC(=O)CSCc1cscn1. The van der Waals surface area contributed by atoms with E-state index in [1.807, 2.05) is 5.38 Å². The highest BCUT2D eigenvalue weighted by Gasteiger charge is 1.97. The van der Waals surface area contributed by atoms with E-state index in [-0.39, 0.29) is 5.91 Å². The van der Waals surface area contributed by atoms with E-state index in [0.717, 1.165) is 11.4 Å². The van der Waals surface area contributed by atoms with Gasteiger partial charge in [-0.25, -0.2) is 4.98 Å². The van der Waals surface area contributed by atoms with E-state index in [9.17, 15) is 4.79 Å². The highest BCUT2D eigenvalue weighted by Crippen LogP contribution is 2.10. The van der Waals surface area contributed by atoms with Crippen LogP contribution in [0.4, 0.5) is 0 Å². The summed E-state index contributed by atoms with van der Waals surface area (Å²) in [5, 5.41) is 1.97. The van der Waals surface area contributed by atoms with Gasteiger partial charge in [-0.2, -0.15) is 0 Å². The fraction of sp³-hybridized carbons (Fsp3) is 0.333. The fourth-order valence-corrected chi connectivity index (χ4v) is 1.90. The Bertz CT molecular complexity index is 222. The summed E-state index contributed by atoms with van der Waals surface area (Å²) < 4.78 is 0. The van der Waals surface area contributed by atoms with Crippen LogP contribution in [0.3, 0.4) is 0 Å². The molecule has 0 saturated heterocycles. The van der Waals surface area contributed by atoms with Crippen molar-refractivity contribution in [2.24, 2.45) is 5.73 Å². The molecule has 0 bridgehead atoms. The maximum Gasteiger partial charge on any atom is 0.227 e. The molecule has 0 aliphatic rings. The zero-order valence-electron chi connectivity index (χ0n) is 5.82. The number of carbonyl (C=O) groups is 1. The summed E-state index contributed by atoms with van der Waals surface area (Å²) in [6.07, 6.45) is 0. The summed E-state index contributed by atoms with van der Waals surface area (Å²) in [5.41, 5.74) is 7.75.